The van der Waals surface area contributed by atoms with Gasteiger partial charge in [0.1, 0.15) is 0 Å². The minimum Gasteiger partial charge on any atom is -0.481 e. The quantitative estimate of drug-likeness (QED) is 0.684. The van der Waals surface area contributed by atoms with Gasteiger partial charge in [-0.05, 0) is 30.5 Å². The predicted molar refractivity (Wildman–Crippen MR) is 95.7 cm³/mol. The Morgan fingerprint density at radius 2 is 1.77 bits per heavy atom. The molecule has 0 unspecified atom stereocenters. The molecular formula is C17H25N3O5S. The normalized spacial score (nSPS) is 15.5. The van der Waals surface area contributed by atoms with Gasteiger partial charge in [0.25, 0.3) is 0 Å². The molecule has 0 radical (unpaired) electrons. The Hall–Kier alpha value is -2.00. The first-order valence-electron chi connectivity index (χ1n) is 8.75. The van der Waals surface area contributed by atoms with Gasteiger partial charge >= 0.3 is 5.97 Å². The van der Waals surface area contributed by atoms with Crippen LogP contribution in [0.5, 0.6) is 0 Å². The van der Waals surface area contributed by atoms with E-state index in [4.69, 9.17) is 5.11 Å². The number of aromatic nitrogens is 1. The van der Waals surface area contributed by atoms with E-state index in [1.165, 1.54) is 9.21 Å². The fourth-order valence-electron chi connectivity index (χ4n) is 2.87. The van der Waals surface area contributed by atoms with Crippen LogP contribution in [-0.2, 0) is 26.2 Å². The van der Waals surface area contributed by atoms with Gasteiger partial charge in [-0.25, -0.2) is 12.7 Å². The van der Waals surface area contributed by atoms with Crippen molar-refractivity contribution in [1.82, 2.24) is 14.2 Å². The number of amides is 1. The van der Waals surface area contributed by atoms with Crippen LogP contribution in [0.1, 0.15) is 37.7 Å². The SMILES string of the molecule is O=C(O)CCC(=O)N(CCS(=O)(=O)N1CCCCC1)Cc1ccncc1. The minimum absolute atomic E-state index is 0.0413. The molecule has 1 N–H and O–H groups in total. The van der Waals surface area contributed by atoms with Gasteiger partial charge in [-0.2, -0.15) is 0 Å². The monoisotopic (exact) mass is 383 g/mol. The molecule has 1 aliphatic heterocycles. The minimum atomic E-state index is -3.42. The summed E-state index contributed by atoms with van der Waals surface area (Å²) in [6.07, 6.45) is 5.52. The largest absolute Gasteiger partial charge is 0.481 e. The van der Waals surface area contributed by atoms with Crippen LogP contribution in [0.15, 0.2) is 24.5 Å². The molecule has 1 saturated heterocycles. The zero-order chi connectivity index (χ0) is 19.0. The molecule has 0 bridgehead atoms. The van der Waals surface area contributed by atoms with Gasteiger partial charge in [0.15, 0.2) is 0 Å². The van der Waals surface area contributed by atoms with Gasteiger partial charge in [0, 0.05) is 45.0 Å². The number of hydrogen-bond acceptors (Lipinski definition) is 5. The van der Waals surface area contributed by atoms with Gasteiger partial charge in [0.2, 0.25) is 15.9 Å². The molecule has 144 valence electrons. The topological polar surface area (TPSA) is 108 Å². The van der Waals surface area contributed by atoms with Crippen molar-refractivity contribution in [2.24, 2.45) is 0 Å². The highest BCUT2D eigenvalue weighted by molar-refractivity contribution is 7.89. The number of hydrogen-bond donors (Lipinski definition) is 1. The molecule has 0 saturated carbocycles. The Bertz CT molecular complexity index is 702. The number of nitrogens with zero attached hydrogens (tertiary/aromatic N) is 3. The molecule has 2 rings (SSSR count). The number of aliphatic carboxylic acids is 1. The van der Waals surface area contributed by atoms with Crippen molar-refractivity contribution < 1.29 is 23.1 Å². The number of carboxylic acids is 1. The standard InChI is InChI=1S/C17H25N3O5S/c21-16(4-5-17(22)23)19(14-15-6-8-18-9-7-15)12-13-26(24,25)20-10-2-1-3-11-20/h6-9H,1-5,10-14H2,(H,22,23). The average Bonchev–Trinajstić information content (AvgIpc) is 2.64. The predicted octanol–water partition coefficient (Wildman–Crippen LogP) is 1.09. The smallest absolute Gasteiger partial charge is 0.303 e. The van der Waals surface area contributed by atoms with Gasteiger partial charge in [-0.3, -0.25) is 14.6 Å². The van der Waals surface area contributed by atoms with Crippen molar-refractivity contribution >= 4 is 21.9 Å². The summed E-state index contributed by atoms with van der Waals surface area (Å²) in [5.74, 6) is -1.57. The van der Waals surface area contributed by atoms with E-state index in [1.54, 1.807) is 24.5 Å². The van der Waals surface area contributed by atoms with E-state index in [0.29, 0.717) is 13.1 Å². The first-order chi connectivity index (χ1) is 12.4. The van der Waals surface area contributed by atoms with Gasteiger partial charge < -0.3 is 10.0 Å². The van der Waals surface area contributed by atoms with Crippen molar-refractivity contribution in [3.63, 3.8) is 0 Å². The average molecular weight is 383 g/mol. The van der Waals surface area contributed by atoms with E-state index in [2.05, 4.69) is 4.98 Å². The number of sulfonamides is 1. The summed E-state index contributed by atoms with van der Waals surface area (Å²) in [7, 11) is -3.42. The van der Waals surface area contributed by atoms with Crippen molar-refractivity contribution in [3.8, 4) is 0 Å². The maximum atomic E-state index is 12.5. The van der Waals surface area contributed by atoms with Crippen LogP contribution in [0.25, 0.3) is 0 Å². The zero-order valence-electron chi connectivity index (χ0n) is 14.7. The second-order valence-electron chi connectivity index (χ2n) is 6.34. The molecule has 0 atom stereocenters. The van der Waals surface area contributed by atoms with Crippen LogP contribution >= 0.6 is 0 Å². The summed E-state index contributed by atoms with van der Waals surface area (Å²) in [4.78, 5) is 28.4. The van der Waals surface area contributed by atoms with E-state index in [9.17, 15) is 18.0 Å². The third-order valence-electron chi connectivity index (χ3n) is 4.36. The van der Waals surface area contributed by atoms with Crippen molar-refractivity contribution in [2.45, 2.75) is 38.6 Å². The molecule has 2 heterocycles. The summed E-state index contributed by atoms with van der Waals surface area (Å²) in [6.45, 7) is 1.33. The van der Waals surface area contributed by atoms with E-state index in [-0.39, 0.29) is 37.6 Å². The summed E-state index contributed by atoms with van der Waals surface area (Å²) in [5.41, 5.74) is 0.819. The third kappa shape index (κ3) is 6.38. The molecule has 26 heavy (non-hydrogen) atoms. The molecule has 1 aromatic heterocycles. The molecule has 1 aliphatic rings. The van der Waals surface area contributed by atoms with Crippen LogP contribution < -0.4 is 0 Å². The van der Waals surface area contributed by atoms with Crippen molar-refractivity contribution in [1.29, 1.82) is 0 Å². The van der Waals surface area contributed by atoms with E-state index in [1.807, 2.05) is 0 Å². The first-order valence-corrected chi connectivity index (χ1v) is 10.4. The van der Waals surface area contributed by atoms with Gasteiger partial charge in [-0.1, -0.05) is 6.42 Å². The maximum Gasteiger partial charge on any atom is 0.303 e. The van der Waals surface area contributed by atoms with Gasteiger partial charge in [-0.15, -0.1) is 0 Å². The third-order valence-corrected chi connectivity index (χ3v) is 6.21. The molecule has 1 fully saturated rings. The lowest BCUT2D eigenvalue weighted by Crippen LogP contribution is -2.41. The molecule has 0 aromatic carbocycles. The number of rotatable bonds is 9. The second-order valence-corrected chi connectivity index (χ2v) is 8.43. The first kappa shape index (κ1) is 20.3. The highest BCUT2D eigenvalue weighted by Gasteiger charge is 2.25. The van der Waals surface area contributed by atoms with Gasteiger partial charge in [0.05, 0.1) is 12.2 Å². The zero-order valence-corrected chi connectivity index (χ0v) is 15.5. The fourth-order valence-corrected chi connectivity index (χ4v) is 4.39. The summed E-state index contributed by atoms with van der Waals surface area (Å²) in [6, 6.07) is 3.49. The second kappa shape index (κ2) is 9.63. The molecule has 1 aromatic rings. The lowest BCUT2D eigenvalue weighted by Gasteiger charge is -2.28. The Balaban J connectivity index is 2.02. The maximum absolute atomic E-state index is 12.5. The summed E-state index contributed by atoms with van der Waals surface area (Å²) >= 11 is 0. The Morgan fingerprint density at radius 1 is 1.12 bits per heavy atom. The molecule has 0 aliphatic carbocycles. The highest BCUT2D eigenvalue weighted by atomic mass is 32.2. The lowest BCUT2D eigenvalue weighted by atomic mass is 10.2. The Morgan fingerprint density at radius 3 is 2.38 bits per heavy atom. The summed E-state index contributed by atoms with van der Waals surface area (Å²) < 4.78 is 26.5. The molecule has 1 amide bonds. The van der Waals surface area contributed by atoms with Crippen LogP contribution in [0.3, 0.4) is 0 Å². The van der Waals surface area contributed by atoms with Crippen LogP contribution in [0.2, 0.25) is 0 Å². The molecule has 9 heteroatoms. The fraction of sp³-hybridized carbons (Fsp3) is 0.588. The number of piperidine rings is 1. The van der Waals surface area contributed by atoms with Crippen LogP contribution in [-0.4, -0.2) is 65.0 Å². The molecule has 8 nitrogen and oxygen atoms in total. The van der Waals surface area contributed by atoms with E-state index >= 15 is 0 Å². The summed E-state index contributed by atoms with van der Waals surface area (Å²) in [5, 5.41) is 8.78. The highest BCUT2D eigenvalue weighted by Crippen LogP contribution is 2.14. The molecule has 0 spiro atoms. The van der Waals surface area contributed by atoms with Crippen LogP contribution in [0, 0.1) is 0 Å². The van der Waals surface area contributed by atoms with E-state index in [0.717, 1.165) is 24.8 Å². The Labute approximate surface area is 153 Å². The lowest BCUT2D eigenvalue weighted by molar-refractivity contribution is -0.141. The number of carbonyl (C=O) groups excluding carboxylic acids is 1. The molecular weight excluding hydrogens is 358 g/mol. The van der Waals surface area contributed by atoms with E-state index < -0.39 is 16.0 Å². The number of carboxylic acid groups (broad SMARTS) is 1. The Kier molecular flexibility index (Phi) is 7.52. The number of carbonyl (C=O) groups is 2. The number of pyridine rings is 1. The van der Waals surface area contributed by atoms with Crippen molar-refractivity contribution in [2.75, 3.05) is 25.4 Å². The van der Waals surface area contributed by atoms with Crippen LogP contribution in [0.4, 0.5) is 0 Å². The van der Waals surface area contributed by atoms with Crippen molar-refractivity contribution in [3.05, 3.63) is 30.1 Å².